The van der Waals surface area contributed by atoms with Gasteiger partial charge < -0.3 is 9.32 Å². The molecular formula is C17H19NO2S. The summed E-state index contributed by atoms with van der Waals surface area (Å²) in [6.07, 6.45) is 4.64. The van der Waals surface area contributed by atoms with Gasteiger partial charge in [0.1, 0.15) is 5.76 Å². The Hall–Kier alpha value is -1.55. The van der Waals surface area contributed by atoms with Crippen LogP contribution in [-0.4, -0.2) is 17.4 Å². The highest BCUT2D eigenvalue weighted by atomic mass is 32.1. The summed E-state index contributed by atoms with van der Waals surface area (Å²) in [5.74, 6) is 1.72. The van der Waals surface area contributed by atoms with Crippen molar-refractivity contribution < 1.29 is 9.21 Å². The van der Waals surface area contributed by atoms with Crippen LogP contribution < -0.4 is 0 Å². The Labute approximate surface area is 128 Å². The predicted octanol–water partition coefficient (Wildman–Crippen LogP) is 3.98. The minimum Gasteiger partial charge on any atom is -0.469 e. The van der Waals surface area contributed by atoms with Gasteiger partial charge in [-0.05, 0) is 48.4 Å². The highest BCUT2D eigenvalue weighted by Gasteiger charge is 2.49. The van der Waals surface area contributed by atoms with Crippen molar-refractivity contribution in [1.82, 2.24) is 4.90 Å². The van der Waals surface area contributed by atoms with Crippen molar-refractivity contribution in [2.45, 2.75) is 38.1 Å². The van der Waals surface area contributed by atoms with E-state index in [1.165, 1.54) is 10.4 Å². The zero-order valence-electron chi connectivity index (χ0n) is 12.1. The van der Waals surface area contributed by atoms with Crippen molar-refractivity contribution in [3.05, 3.63) is 46.0 Å². The number of nitrogens with zero attached hydrogens (tertiary/aromatic N) is 1. The van der Waals surface area contributed by atoms with Crippen LogP contribution >= 0.6 is 11.3 Å². The molecule has 0 saturated heterocycles. The second kappa shape index (κ2) is 5.02. The summed E-state index contributed by atoms with van der Waals surface area (Å²) in [4.78, 5) is 16.4. The Kier molecular flexibility index (Phi) is 3.14. The number of carbonyl (C=O) groups excluding carboxylic acids is 1. The lowest BCUT2D eigenvalue weighted by Crippen LogP contribution is -2.40. The second-order valence-electron chi connectivity index (χ2n) is 5.97. The predicted molar refractivity (Wildman–Crippen MR) is 82.3 cm³/mol. The number of furan rings is 1. The SMILES string of the molecule is CCC1c2ccsc2CCN1C(=O)C1CC1c1ccco1. The van der Waals surface area contributed by atoms with E-state index in [2.05, 4.69) is 23.3 Å². The molecule has 3 heterocycles. The fraction of sp³-hybridized carbons (Fsp3) is 0.471. The van der Waals surface area contributed by atoms with E-state index in [-0.39, 0.29) is 12.0 Å². The molecule has 2 aromatic rings. The van der Waals surface area contributed by atoms with Crippen molar-refractivity contribution >= 4 is 17.2 Å². The Balaban J connectivity index is 1.53. The number of rotatable bonds is 3. The minimum absolute atomic E-state index is 0.130. The lowest BCUT2D eigenvalue weighted by Gasteiger charge is -2.35. The number of amides is 1. The smallest absolute Gasteiger partial charge is 0.226 e. The van der Waals surface area contributed by atoms with Gasteiger partial charge in [0, 0.05) is 23.3 Å². The van der Waals surface area contributed by atoms with Gasteiger partial charge in [-0.15, -0.1) is 11.3 Å². The van der Waals surface area contributed by atoms with Crippen LogP contribution in [0.1, 0.15) is 47.9 Å². The van der Waals surface area contributed by atoms with Crippen LogP contribution in [0.3, 0.4) is 0 Å². The van der Waals surface area contributed by atoms with E-state index in [0.29, 0.717) is 11.8 Å². The molecule has 0 radical (unpaired) electrons. The van der Waals surface area contributed by atoms with Gasteiger partial charge in [0.05, 0.1) is 12.3 Å². The standard InChI is InChI=1S/C17H19NO2S/c1-2-14-11-6-9-21-16(11)5-7-18(14)17(19)13-10-12(13)15-4-3-8-20-15/h3-4,6,8-9,12-14H,2,5,7,10H2,1H3. The van der Waals surface area contributed by atoms with Crippen molar-refractivity contribution in [3.63, 3.8) is 0 Å². The molecule has 0 aromatic carbocycles. The molecule has 1 saturated carbocycles. The molecule has 110 valence electrons. The van der Waals surface area contributed by atoms with E-state index in [4.69, 9.17) is 4.42 Å². The average molecular weight is 301 g/mol. The fourth-order valence-electron chi connectivity index (χ4n) is 3.60. The first kappa shape index (κ1) is 13.1. The Morgan fingerprint density at radius 3 is 3.14 bits per heavy atom. The molecule has 4 heteroatoms. The van der Waals surface area contributed by atoms with Crippen LogP contribution in [0.25, 0.3) is 0 Å². The molecule has 3 unspecified atom stereocenters. The normalized spacial score (nSPS) is 27.5. The molecule has 4 rings (SSSR count). The van der Waals surface area contributed by atoms with Crippen molar-refractivity contribution in [3.8, 4) is 0 Å². The van der Waals surface area contributed by atoms with Gasteiger partial charge in [0.25, 0.3) is 0 Å². The minimum atomic E-state index is 0.130. The summed E-state index contributed by atoms with van der Waals surface area (Å²) in [7, 11) is 0. The first-order valence-corrected chi connectivity index (χ1v) is 8.57. The van der Waals surface area contributed by atoms with Crippen molar-refractivity contribution in [2.75, 3.05) is 6.54 Å². The van der Waals surface area contributed by atoms with E-state index >= 15 is 0 Å². The maximum absolute atomic E-state index is 12.9. The maximum Gasteiger partial charge on any atom is 0.226 e. The van der Waals surface area contributed by atoms with Gasteiger partial charge in [-0.3, -0.25) is 4.79 Å². The molecule has 1 fully saturated rings. The molecule has 1 amide bonds. The Bertz CT molecular complexity index is 646. The van der Waals surface area contributed by atoms with Crippen LogP contribution in [0.2, 0.25) is 0 Å². The molecule has 0 spiro atoms. The monoisotopic (exact) mass is 301 g/mol. The number of carbonyl (C=O) groups is 1. The van der Waals surface area contributed by atoms with Crippen molar-refractivity contribution in [1.29, 1.82) is 0 Å². The average Bonchev–Trinajstić information content (AvgIpc) is 2.94. The van der Waals surface area contributed by atoms with Crippen LogP contribution in [0.4, 0.5) is 0 Å². The largest absolute Gasteiger partial charge is 0.469 e. The van der Waals surface area contributed by atoms with Gasteiger partial charge in [-0.25, -0.2) is 0 Å². The quantitative estimate of drug-likeness (QED) is 0.859. The first-order valence-electron chi connectivity index (χ1n) is 7.69. The summed E-state index contributed by atoms with van der Waals surface area (Å²) >= 11 is 1.83. The van der Waals surface area contributed by atoms with Gasteiger partial charge in [0.15, 0.2) is 0 Å². The van der Waals surface area contributed by atoms with Crippen LogP contribution in [0, 0.1) is 5.92 Å². The summed E-state index contributed by atoms with van der Waals surface area (Å²) in [5, 5.41) is 2.16. The van der Waals surface area contributed by atoms with Crippen molar-refractivity contribution in [2.24, 2.45) is 5.92 Å². The highest BCUT2D eigenvalue weighted by molar-refractivity contribution is 7.10. The topological polar surface area (TPSA) is 33.5 Å². The van der Waals surface area contributed by atoms with Gasteiger partial charge in [-0.1, -0.05) is 6.92 Å². The van der Waals surface area contributed by atoms with E-state index in [9.17, 15) is 4.79 Å². The maximum atomic E-state index is 12.9. The zero-order chi connectivity index (χ0) is 14.4. The third-order valence-corrected chi connectivity index (χ3v) is 5.78. The molecule has 3 nitrogen and oxygen atoms in total. The summed E-state index contributed by atoms with van der Waals surface area (Å²) in [5.41, 5.74) is 1.37. The molecule has 21 heavy (non-hydrogen) atoms. The molecular weight excluding hydrogens is 282 g/mol. The summed E-state index contributed by atoms with van der Waals surface area (Å²) in [6.45, 7) is 3.04. The molecule has 2 aromatic heterocycles. The number of hydrogen-bond donors (Lipinski definition) is 0. The lowest BCUT2D eigenvalue weighted by molar-refractivity contribution is -0.135. The zero-order valence-corrected chi connectivity index (χ0v) is 12.9. The van der Waals surface area contributed by atoms with E-state index in [1.807, 2.05) is 23.5 Å². The third-order valence-electron chi connectivity index (χ3n) is 4.78. The second-order valence-corrected chi connectivity index (χ2v) is 6.97. The third kappa shape index (κ3) is 2.13. The summed E-state index contributed by atoms with van der Waals surface area (Å²) in [6, 6.07) is 6.36. The van der Waals surface area contributed by atoms with Gasteiger partial charge in [0.2, 0.25) is 5.91 Å². The van der Waals surface area contributed by atoms with Crippen LogP contribution in [0.15, 0.2) is 34.3 Å². The fourth-order valence-corrected chi connectivity index (χ4v) is 4.53. The highest BCUT2D eigenvalue weighted by Crippen LogP contribution is 2.50. The number of fused-ring (bicyclic) bond motifs is 1. The van der Waals surface area contributed by atoms with Crippen LogP contribution in [-0.2, 0) is 11.2 Å². The molecule has 1 aliphatic carbocycles. The van der Waals surface area contributed by atoms with Gasteiger partial charge in [-0.2, -0.15) is 0 Å². The molecule has 2 aliphatic rings. The number of thiophene rings is 1. The molecule has 3 atom stereocenters. The molecule has 0 N–H and O–H groups in total. The Morgan fingerprint density at radius 1 is 1.48 bits per heavy atom. The number of hydrogen-bond acceptors (Lipinski definition) is 3. The van der Waals surface area contributed by atoms with E-state index in [0.717, 1.165) is 31.6 Å². The van der Waals surface area contributed by atoms with Gasteiger partial charge >= 0.3 is 0 Å². The Morgan fingerprint density at radius 2 is 2.38 bits per heavy atom. The molecule has 0 bridgehead atoms. The van der Waals surface area contributed by atoms with E-state index in [1.54, 1.807) is 6.26 Å². The lowest BCUT2D eigenvalue weighted by atomic mass is 9.97. The first-order chi connectivity index (χ1) is 10.3. The van der Waals surface area contributed by atoms with E-state index < -0.39 is 0 Å². The molecule has 1 aliphatic heterocycles. The summed E-state index contributed by atoms with van der Waals surface area (Å²) < 4.78 is 5.45. The van der Waals surface area contributed by atoms with Crippen LogP contribution in [0.5, 0.6) is 0 Å².